The van der Waals surface area contributed by atoms with Crippen LogP contribution < -0.4 is 11.1 Å². The number of ether oxygens (including phenoxy) is 1. The molecule has 1 amide bonds. The number of nitrogens with two attached hydrogens (primary N) is 1. The molecule has 4 fully saturated rings. The number of benzene rings is 1. The van der Waals surface area contributed by atoms with E-state index in [0.29, 0.717) is 17.8 Å². The van der Waals surface area contributed by atoms with E-state index in [9.17, 15) is 19.7 Å². The molecule has 1 aromatic rings. The second-order valence-electron chi connectivity index (χ2n) is 8.61. The molecular weight excluding hydrogens is 362 g/mol. The van der Waals surface area contributed by atoms with Crippen molar-refractivity contribution in [2.45, 2.75) is 38.5 Å². The standard InChI is InChI=1S/C20H25N3O5/c21-18(24)15-1-2-16(17(8-15)23(26)27)22-3-4-28-19(25)20-9-12-5-13(10-20)7-14(6-12)11-20/h1-2,8,12-14,22H,3-7,9-11H2,(H2,21,24). The molecule has 0 unspecified atom stereocenters. The minimum absolute atomic E-state index is 0.0745. The fourth-order valence-corrected chi connectivity index (χ4v) is 5.83. The number of nitrogens with zero attached hydrogens (tertiary/aromatic N) is 1. The lowest BCUT2D eigenvalue weighted by Gasteiger charge is -2.55. The highest BCUT2D eigenvalue weighted by Gasteiger charge is 2.55. The fourth-order valence-electron chi connectivity index (χ4n) is 5.83. The Morgan fingerprint density at radius 2 is 1.79 bits per heavy atom. The number of amides is 1. The van der Waals surface area contributed by atoms with E-state index in [1.807, 2.05) is 0 Å². The first-order valence-corrected chi connectivity index (χ1v) is 9.85. The second kappa shape index (κ2) is 7.07. The van der Waals surface area contributed by atoms with Crippen LogP contribution in [0.1, 0.15) is 48.9 Å². The largest absolute Gasteiger partial charge is 0.463 e. The average molecular weight is 387 g/mol. The minimum Gasteiger partial charge on any atom is -0.463 e. The zero-order valence-corrected chi connectivity index (χ0v) is 15.7. The molecule has 0 spiro atoms. The number of nitro benzene ring substituents is 1. The Hall–Kier alpha value is -2.64. The molecule has 0 aromatic heterocycles. The number of primary amides is 1. The van der Waals surface area contributed by atoms with E-state index in [-0.39, 0.29) is 41.5 Å². The van der Waals surface area contributed by atoms with Crippen LogP contribution in [0.5, 0.6) is 0 Å². The van der Waals surface area contributed by atoms with Gasteiger partial charge in [-0.3, -0.25) is 19.7 Å². The number of nitro groups is 1. The second-order valence-corrected chi connectivity index (χ2v) is 8.61. The number of hydrogen-bond donors (Lipinski definition) is 2. The Kier molecular flexibility index (Phi) is 4.72. The van der Waals surface area contributed by atoms with Gasteiger partial charge in [0.15, 0.2) is 0 Å². The molecule has 0 radical (unpaired) electrons. The normalized spacial score (nSPS) is 30.1. The molecule has 4 saturated carbocycles. The molecule has 8 heteroatoms. The van der Waals surface area contributed by atoms with Crippen molar-refractivity contribution in [2.75, 3.05) is 18.5 Å². The van der Waals surface area contributed by atoms with Crippen LogP contribution in [-0.4, -0.2) is 30.0 Å². The summed E-state index contributed by atoms with van der Waals surface area (Å²) in [7, 11) is 0. The van der Waals surface area contributed by atoms with Crippen molar-refractivity contribution in [3.05, 3.63) is 33.9 Å². The highest BCUT2D eigenvalue weighted by atomic mass is 16.6. The van der Waals surface area contributed by atoms with Gasteiger partial charge in [-0.15, -0.1) is 0 Å². The van der Waals surface area contributed by atoms with E-state index in [1.54, 1.807) is 0 Å². The van der Waals surface area contributed by atoms with Crippen LogP contribution in [0.25, 0.3) is 0 Å². The lowest BCUT2D eigenvalue weighted by molar-refractivity contribution is -0.384. The van der Waals surface area contributed by atoms with E-state index in [0.717, 1.165) is 25.3 Å². The summed E-state index contributed by atoms with van der Waals surface area (Å²) in [6.07, 6.45) is 6.64. The van der Waals surface area contributed by atoms with Crippen LogP contribution in [0.15, 0.2) is 18.2 Å². The fraction of sp³-hybridized carbons (Fsp3) is 0.600. The topological polar surface area (TPSA) is 125 Å². The molecule has 0 atom stereocenters. The summed E-state index contributed by atoms with van der Waals surface area (Å²) in [6.45, 7) is 0.407. The van der Waals surface area contributed by atoms with E-state index in [4.69, 9.17) is 10.5 Å². The number of esters is 1. The molecule has 1 aromatic carbocycles. The van der Waals surface area contributed by atoms with Gasteiger partial charge >= 0.3 is 5.97 Å². The zero-order chi connectivity index (χ0) is 19.9. The number of anilines is 1. The molecule has 4 aliphatic rings. The molecule has 5 rings (SSSR count). The number of rotatable bonds is 7. The van der Waals surface area contributed by atoms with Gasteiger partial charge in [-0.1, -0.05) is 0 Å². The predicted molar refractivity (Wildman–Crippen MR) is 102 cm³/mol. The molecule has 0 saturated heterocycles. The van der Waals surface area contributed by atoms with Crippen LogP contribution >= 0.6 is 0 Å². The maximum absolute atomic E-state index is 12.8. The van der Waals surface area contributed by atoms with Gasteiger partial charge in [-0.05, 0) is 68.4 Å². The molecule has 28 heavy (non-hydrogen) atoms. The Labute approximate surface area is 163 Å². The van der Waals surface area contributed by atoms with Crippen molar-refractivity contribution >= 4 is 23.3 Å². The van der Waals surface area contributed by atoms with Crippen LogP contribution in [-0.2, 0) is 9.53 Å². The third-order valence-corrected chi connectivity index (χ3v) is 6.60. The minimum atomic E-state index is -0.723. The van der Waals surface area contributed by atoms with Crippen molar-refractivity contribution in [1.82, 2.24) is 0 Å². The molecule has 3 N–H and O–H groups in total. The summed E-state index contributed by atoms with van der Waals surface area (Å²) in [5.41, 5.74) is 4.98. The van der Waals surface area contributed by atoms with Crippen molar-refractivity contribution < 1.29 is 19.2 Å². The van der Waals surface area contributed by atoms with Gasteiger partial charge in [0.25, 0.3) is 5.69 Å². The van der Waals surface area contributed by atoms with Gasteiger partial charge < -0.3 is 15.8 Å². The molecular formula is C20H25N3O5. The lowest BCUT2D eigenvalue weighted by atomic mass is 9.49. The van der Waals surface area contributed by atoms with Crippen LogP contribution in [0.2, 0.25) is 0 Å². The van der Waals surface area contributed by atoms with Crippen molar-refractivity contribution in [2.24, 2.45) is 28.9 Å². The number of hydrogen-bond acceptors (Lipinski definition) is 6. The third-order valence-electron chi connectivity index (χ3n) is 6.60. The monoisotopic (exact) mass is 387 g/mol. The Morgan fingerprint density at radius 1 is 1.18 bits per heavy atom. The summed E-state index contributed by atoms with van der Waals surface area (Å²) < 4.78 is 5.57. The summed E-state index contributed by atoms with van der Waals surface area (Å²) in [6, 6.07) is 4.02. The third kappa shape index (κ3) is 3.43. The summed E-state index contributed by atoms with van der Waals surface area (Å²) >= 11 is 0. The summed E-state index contributed by atoms with van der Waals surface area (Å²) in [5.74, 6) is 1.18. The number of carbonyl (C=O) groups is 2. The highest BCUT2D eigenvalue weighted by molar-refractivity contribution is 5.94. The number of carbonyl (C=O) groups excluding carboxylic acids is 2. The van der Waals surface area contributed by atoms with Crippen molar-refractivity contribution in [3.8, 4) is 0 Å². The van der Waals surface area contributed by atoms with Crippen molar-refractivity contribution in [1.29, 1.82) is 0 Å². The first-order valence-electron chi connectivity index (χ1n) is 9.85. The summed E-state index contributed by atoms with van der Waals surface area (Å²) in [4.78, 5) is 34.7. The highest BCUT2D eigenvalue weighted by Crippen LogP contribution is 2.60. The SMILES string of the molecule is NC(=O)c1ccc(NCCOC(=O)C23CC4CC(CC(C4)C2)C3)c([N+](=O)[O-])c1. The molecule has 0 heterocycles. The van der Waals surface area contributed by atoms with Crippen LogP contribution in [0, 0.1) is 33.3 Å². The molecule has 4 bridgehead atoms. The summed E-state index contributed by atoms with van der Waals surface area (Å²) in [5, 5.41) is 14.1. The van der Waals surface area contributed by atoms with Gasteiger partial charge in [0.1, 0.15) is 12.3 Å². The Morgan fingerprint density at radius 3 is 2.32 bits per heavy atom. The van der Waals surface area contributed by atoms with Crippen LogP contribution in [0.4, 0.5) is 11.4 Å². The molecule has 150 valence electrons. The van der Waals surface area contributed by atoms with Crippen LogP contribution in [0.3, 0.4) is 0 Å². The lowest BCUT2D eigenvalue weighted by Crippen LogP contribution is -2.50. The van der Waals surface area contributed by atoms with Gasteiger partial charge in [-0.2, -0.15) is 0 Å². The van der Waals surface area contributed by atoms with E-state index in [2.05, 4.69) is 5.32 Å². The smallest absolute Gasteiger partial charge is 0.312 e. The maximum atomic E-state index is 12.8. The Bertz CT molecular complexity index is 787. The first-order chi connectivity index (χ1) is 13.4. The van der Waals surface area contributed by atoms with E-state index >= 15 is 0 Å². The zero-order valence-electron chi connectivity index (χ0n) is 15.7. The Balaban J connectivity index is 1.33. The molecule has 4 aliphatic carbocycles. The molecule has 8 nitrogen and oxygen atoms in total. The maximum Gasteiger partial charge on any atom is 0.312 e. The van der Waals surface area contributed by atoms with E-state index in [1.165, 1.54) is 31.4 Å². The van der Waals surface area contributed by atoms with Gasteiger partial charge in [0, 0.05) is 18.2 Å². The van der Waals surface area contributed by atoms with Gasteiger partial charge in [0.2, 0.25) is 5.91 Å². The molecule has 0 aliphatic heterocycles. The van der Waals surface area contributed by atoms with Crippen molar-refractivity contribution in [3.63, 3.8) is 0 Å². The average Bonchev–Trinajstić information content (AvgIpc) is 2.63. The quantitative estimate of drug-likeness (QED) is 0.321. The predicted octanol–water partition coefficient (Wildman–Crippen LogP) is 2.87. The van der Waals surface area contributed by atoms with E-state index < -0.39 is 10.8 Å². The first kappa shape index (κ1) is 18.7. The van der Waals surface area contributed by atoms with Gasteiger partial charge in [-0.25, -0.2) is 0 Å². The number of nitrogens with one attached hydrogen (secondary N) is 1. The van der Waals surface area contributed by atoms with Gasteiger partial charge in [0.05, 0.1) is 10.3 Å².